The Hall–Kier alpha value is -1.88. The van der Waals surface area contributed by atoms with E-state index in [4.69, 9.17) is 5.73 Å². The van der Waals surface area contributed by atoms with Gasteiger partial charge in [0.1, 0.15) is 0 Å². The number of sulfone groups is 1. The first kappa shape index (κ1) is 13.5. The van der Waals surface area contributed by atoms with Gasteiger partial charge in [-0.2, -0.15) is 0 Å². The molecule has 100 valence electrons. The van der Waals surface area contributed by atoms with Crippen LogP contribution in [0.2, 0.25) is 0 Å². The summed E-state index contributed by atoms with van der Waals surface area (Å²) in [6.07, 6.45) is 3.77. The van der Waals surface area contributed by atoms with Gasteiger partial charge in [-0.25, -0.2) is 8.42 Å². The van der Waals surface area contributed by atoms with E-state index in [1.54, 1.807) is 36.7 Å². The van der Waals surface area contributed by atoms with Gasteiger partial charge in [0.25, 0.3) is 0 Å². The quantitative estimate of drug-likeness (QED) is 0.867. The highest BCUT2D eigenvalue weighted by molar-refractivity contribution is 7.91. The number of nitrogens with zero attached hydrogens (tertiary/aromatic N) is 1. The van der Waals surface area contributed by atoms with Gasteiger partial charge in [0.2, 0.25) is 0 Å². The summed E-state index contributed by atoms with van der Waals surface area (Å²) in [4.78, 5) is 4.18. The molecule has 5 heteroatoms. The smallest absolute Gasteiger partial charge is 0.180 e. The number of benzene rings is 1. The van der Waals surface area contributed by atoms with Gasteiger partial charge >= 0.3 is 0 Å². The molecule has 0 fully saturated rings. The van der Waals surface area contributed by atoms with E-state index in [1.807, 2.05) is 13.0 Å². The zero-order valence-corrected chi connectivity index (χ0v) is 11.5. The minimum atomic E-state index is -3.36. The minimum Gasteiger partial charge on any atom is -0.398 e. The van der Waals surface area contributed by atoms with Crippen molar-refractivity contribution in [2.75, 3.05) is 11.5 Å². The van der Waals surface area contributed by atoms with E-state index < -0.39 is 9.84 Å². The normalized spacial score (nSPS) is 11.4. The molecule has 0 aliphatic rings. The summed E-state index contributed by atoms with van der Waals surface area (Å²) in [5.41, 5.74) is 7.94. The Morgan fingerprint density at radius 1 is 1.26 bits per heavy atom. The first-order valence-electron chi connectivity index (χ1n) is 5.97. The lowest BCUT2D eigenvalue weighted by Crippen LogP contribution is -2.11. The Labute approximate surface area is 113 Å². The van der Waals surface area contributed by atoms with Crippen LogP contribution >= 0.6 is 0 Å². The lowest BCUT2D eigenvalue weighted by molar-refractivity contribution is 0.595. The monoisotopic (exact) mass is 276 g/mol. The van der Waals surface area contributed by atoms with Crippen LogP contribution in [0.5, 0.6) is 0 Å². The number of anilines is 1. The van der Waals surface area contributed by atoms with Crippen LogP contribution in [0.25, 0.3) is 0 Å². The molecular formula is C14H16N2O2S. The Morgan fingerprint density at radius 3 is 2.68 bits per heavy atom. The second kappa shape index (κ2) is 5.40. The standard InChI is InChI=1S/C14H16N2O2S/c1-11-4-5-14(13(15)9-11)19(17,18)8-6-12-3-2-7-16-10-12/h2-5,7,9-10H,6,8,15H2,1H3. The molecule has 2 N–H and O–H groups in total. The number of rotatable bonds is 4. The van der Waals surface area contributed by atoms with Gasteiger partial charge in [0.05, 0.1) is 16.3 Å². The van der Waals surface area contributed by atoms with Gasteiger partial charge in [-0.1, -0.05) is 12.1 Å². The summed E-state index contributed by atoms with van der Waals surface area (Å²) in [6, 6.07) is 8.66. The van der Waals surface area contributed by atoms with Crippen LogP contribution < -0.4 is 5.73 Å². The third-order valence-electron chi connectivity index (χ3n) is 2.88. The van der Waals surface area contributed by atoms with Gasteiger partial charge in [-0.3, -0.25) is 4.98 Å². The molecule has 4 nitrogen and oxygen atoms in total. The number of aryl methyl sites for hydroxylation is 2. The molecule has 0 aliphatic heterocycles. The number of nitrogens with two attached hydrogens (primary N) is 1. The summed E-state index contributed by atoms with van der Waals surface area (Å²) < 4.78 is 24.5. The van der Waals surface area contributed by atoms with Crippen molar-refractivity contribution < 1.29 is 8.42 Å². The van der Waals surface area contributed by atoms with Gasteiger partial charge in [-0.05, 0) is 42.7 Å². The number of pyridine rings is 1. The zero-order chi connectivity index (χ0) is 13.9. The molecule has 0 saturated carbocycles. The predicted octanol–water partition coefficient (Wildman–Crippen LogP) is 1.99. The Kier molecular flexibility index (Phi) is 3.85. The fourth-order valence-electron chi connectivity index (χ4n) is 1.86. The van der Waals surface area contributed by atoms with Gasteiger partial charge in [0, 0.05) is 12.4 Å². The SMILES string of the molecule is Cc1ccc(S(=O)(=O)CCc2cccnc2)c(N)c1. The van der Waals surface area contributed by atoms with Gasteiger partial charge in [0.15, 0.2) is 9.84 Å². The van der Waals surface area contributed by atoms with E-state index >= 15 is 0 Å². The highest BCUT2D eigenvalue weighted by atomic mass is 32.2. The van der Waals surface area contributed by atoms with Crippen molar-refractivity contribution in [3.05, 3.63) is 53.9 Å². The zero-order valence-electron chi connectivity index (χ0n) is 10.7. The van der Waals surface area contributed by atoms with Crippen molar-refractivity contribution in [1.29, 1.82) is 0 Å². The van der Waals surface area contributed by atoms with Crippen molar-refractivity contribution in [2.24, 2.45) is 0 Å². The van der Waals surface area contributed by atoms with Gasteiger partial charge < -0.3 is 5.73 Å². The average molecular weight is 276 g/mol. The van der Waals surface area contributed by atoms with Crippen molar-refractivity contribution >= 4 is 15.5 Å². The number of nitrogen functional groups attached to an aromatic ring is 1. The van der Waals surface area contributed by atoms with Crippen molar-refractivity contribution in [3.8, 4) is 0 Å². The number of hydrogen-bond donors (Lipinski definition) is 1. The van der Waals surface area contributed by atoms with Crippen LogP contribution in [0.3, 0.4) is 0 Å². The minimum absolute atomic E-state index is 0.0337. The maximum atomic E-state index is 12.2. The van der Waals surface area contributed by atoms with Gasteiger partial charge in [-0.15, -0.1) is 0 Å². The molecule has 0 aliphatic carbocycles. The second-order valence-corrected chi connectivity index (χ2v) is 6.55. The van der Waals surface area contributed by atoms with Crippen LogP contribution in [0.1, 0.15) is 11.1 Å². The number of aromatic nitrogens is 1. The number of hydrogen-bond acceptors (Lipinski definition) is 4. The summed E-state index contributed by atoms with van der Waals surface area (Å²) in [6.45, 7) is 1.88. The fraction of sp³-hybridized carbons (Fsp3) is 0.214. The summed E-state index contributed by atoms with van der Waals surface area (Å²) in [7, 11) is -3.36. The molecule has 0 atom stereocenters. The van der Waals surface area contributed by atoms with Crippen LogP contribution in [0.4, 0.5) is 5.69 Å². The maximum Gasteiger partial charge on any atom is 0.180 e. The highest BCUT2D eigenvalue weighted by Crippen LogP contribution is 2.21. The van der Waals surface area contributed by atoms with Crippen LogP contribution in [-0.2, 0) is 16.3 Å². The lowest BCUT2D eigenvalue weighted by Gasteiger charge is -2.08. The third kappa shape index (κ3) is 3.32. The van der Waals surface area contributed by atoms with E-state index in [1.165, 1.54) is 0 Å². The first-order valence-corrected chi connectivity index (χ1v) is 7.62. The molecule has 0 amide bonds. The second-order valence-electron chi connectivity index (χ2n) is 4.47. The topological polar surface area (TPSA) is 73.0 Å². The predicted molar refractivity (Wildman–Crippen MR) is 75.6 cm³/mol. The molecule has 0 spiro atoms. The van der Waals surface area contributed by atoms with Crippen molar-refractivity contribution in [2.45, 2.75) is 18.2 Å². The third-order valence-corrected chi connectivity index (χ3v) is 4.67. The summed E-state index contributed by atoms with van der Waals surface area (Å²) in [5.74, 6) is 0.0337. The maximum absolute atomic E-state index is 12.2. The van der Waals surface area contributed by atoms with Crippen LogP contribution in [0, 0.1) is 6.92 Å². The molecular weight excluding hydrogens is 260 g/mol. The van der Waals surface area contributed by atoms with E-state index in [2.05, 4.69) is 4.98 Å². The van der Waals surface area contributed by atoms with E-state index in [9.17, 15) is 8.42 Å². The van der Waals surface area contributed by atoms with Crippen molar-refractivity contribution in [3.63, 3.8) is 0 Å². The molecule has 0 bridgehead atoms. The molecule has 0 saturated heterocycles. The Balaban J connectivity index is 2.19. The van der Waals surface area contributed by atoms with E-state index in [0.717, 1.165) is 11.1 Å². The summed E-state index contributed by atoms with van der Waals surface area (Å²) in [5, 5.41) is 0. The largest absolute Gasteiger partial charge is 0.398 e. The first-order chi connectivity index (χ1) is 8.99. The van der Waals surface area contributed by atoms with Crippen LogP contribution in [0.15, 0.2) is 47.6 Å². The molecule has 1 aromatic heterocycles. The molecule has 19 heavy (non-hydrogen) atoms. The molecule has 2 aromatic rings. The van der Waals surface area contributed by atoms with Crippen molar-refractivity contribution in [1.82, 2.24) is 4.98 Å². The lowest BCUT2D eigenvalue weighted by atomic mass is 10.2. The highest BCUT2D eigenvalue weighted by Gasteiger charge is 2.17. The molecule has 0 unspecified atom stereocenters. The molecule has 1 heterocycles. The molecule has 1 aromatic carbocycles. The summed E-state index contributed by atoms with van der Waals surface area (Å²) >= 11 is 0. The average Bonchev–Trinajstić information content (AvgIpc) is 2.37. The Morgan fingerprint density at radius 2 is 2.05 bits per heavy atom. The Bertz CT molecular complexity index is 667. The van der Waals surface area contributed by atoms with E-state index in [-0.39, 0.29) is 10.6 Å². The molecule has 0 radical (unpaired) electrons. The fourth-order valence-corrected chi connectivity index (χ4v) is 3.28. The van der Waals surface area contributed by atoms with Crippen LogP contribution in [-0.4, -0.2) is 19.2 Å². The van der Waals surface area contributed by atoms with E-state index in [0.29, 0.717) is 12.1 Å². The molecule has 2 rings (SSSR count).